The van der Waals surface area contributed by atoms with Crippen molar-refractivity contribution in [2.75, 3.05) is 18.4 Å². The maximum atomic E-state index is 13.7. The second kappa shape index (κ2) is 8.55. The number of aromatic nitrogens is 1. The van der Waals surface area contributed by atoms with Crippen molar-refractivity contribution >= 4 is 11.6 Å². The van der Waals surface area contributed by atoms with Crippen molar-refractivity contribution in [1.29, 1.82) is 0 Å². The van der Waals surface area contributed by atoms with Gasteiger partial charge < -0.3 is 11.1 Å². The summed E-state index contributed by atoms with van der Waals surface area (Å²) >= 11 is 0. The Morgan fingerprint density at radius 1 is 1.18 bits per heavy atom. The van der Waals surface area contributed by atoms with E-state index in [1.807, 2.05) is 12.1 Å². The zero-order valence-corrected chi connectivity index (χ0v) is 15.0. The molecule has 28 heavy (non-hydrogen) atoms. The Morgan fingerprint density at radius 3 is 2.54 bits per heavy atom. The number of hydrogen-bond acceptors (Lipinski definition) is 4. The van der Waals surface area contributed by atoms with Crippen molar-refractivity contribution in [1.82, 2.24) is 9.88 Å². The molecule has 1 unspecified atom stereocenters. The quantitative estimate of drug-likeness (QED) is 0.582. The summed E-state index contributed by atoms with van der Waals surface area (Å²) in [7, 11) is 0. The van der Waals surface area contributed by atoms with Crippen molar-refractivity contribution in [3.8, 4) is 0 Å². The van der Waals surface area contributed by atoms with Gasteiger partial charge in [-0.05, 0) is 30.5 Å². The Morgan fingerprint density at radius 2 is 1.86 bits per heavy atom. The lowest BCUT2D eigenvalue weighted by Crippen LogP contribution is -2.40. The van der Waals surface area contributed by atoms with Gasteiger partial charge in [-0.15, -0.1) is 0 Å². The average molecular weight is 396 g/mol. The molecule has 1 fully saturated rings. The smallest absolute Gasteiger partial charge is 0.253 e. The first-order valence-electron chi connectivity index (χ1n) is 8.88. The molecule has 150 valence electrons. The van der Waals surface area contributed by atoms with E-state index in [1.54, 1.807) is 12.1 Å². The van der Waals surface area contributed by atoms with Gasteiger partial charge in [0.1, 0.15) is 5.69 Å². The summed E-state index contributed by atoms with van der Waals surface area (Å²) in [6.45, 7) is 2.00. The van der Waals surface area contributed by atoms with Crippen LogP contribution in [0.3, 0.4) is 0 Å². The van der Waals surface area contributed by atoms with Gasteiger partial charge in [0.15, 0.2) is 0 Å². The molecule has 0 saturated carbocycles. The molecular weight excluding hydrogens is 376 g/mol. The van der Waals surface area contributed by atoms with Gasteiger partial charge in [0.05, 0.1) is 5.92 Å². The molecule has 3 rings (SSSR count). The zero-order valence-electron chi connectivity index (χ0n) is 15.0. The van der Waals surface area contributed by atoms with Crippen LogP contribution in [0.4, 0.5) is 23.2 Å². The van der Waals surface area contributed by atoms with E-state index < -0.39 is 29.2 Å². The van der Waals surface area contributed by atoms with Crippen LogP contribution < -0.4 is 11.1 Å². The van der Waals surface area contributed by atoms with Crippen LogP contribution in [0.1, 0.15) is 24.0 Å². The number of piperidine rings is 1. The first-order chi connectivity index (χ1) is 13.3. The Labute approximate surface area is 159 Å². The number of nitrogens with zero attached hydrogens (tertiary/aromatic N) is 2. The van der Waals surface area contributed by atoms with Crippen LogP contribution >= 0.6 is 0 Å². The van der Waals surface area contributed by atoms with Crippen LogP contribution in [0.2, 0.25) is 0 Å². The number of carbonyl (C=O) groups excluding carboxylic acids is 1. The number of pyridine rings is 1. The number of hydrogen-bond donors (Lipinski definition) is 2. The molecule has 5 nitrogen and oxygen atoms in total. The zero-order chi connectivity index (χ0) is 20.3. The predicted molar refractivity (Wildman–Crippen MR) is 95.0 cm³/mol. The molecule has 2 aromatic rings. The summed E-state index contributed by atoms with van der Waals surface area (Å²) in [4.78, 5) is 16.0. The van der Waals surface area contributed by atoms with Crippen LogP contribution in [0, 0.1) is 29.4 Å². The van der Waals surface area contributed by atoms with Crippen molar-refractivity contribution in [2.24, 2.45) is 11.7 Å². The van der Waals surface area contributed by atoms with E-state index in [9.17, 15) is 22.4 Å². The summed E-state index contributed by atoms with van der Waals surface area (Å²) in [5.74, 6) is -7.01. The molecule has 2 heterocycles. The van der Waals surface area contributed by atoms with Gasteiger partial charge in [0.25, 0.3) is 11.9 Å². The monoisotopic (exact) mass is 396 g/mol. The molecule has 1 aromatic carbocycles. The number of rotatable bonds is 6. The minimum atomic E-state index is -1.70. The lowest BCUT2D eigenvalue weighted by Gasteiger charge is -2.31. The van der Waals surface area contributed by atoms with E-state index in [1.165, 1.54) is 0 Å². The highest BCUT2D eigenvalue weighted by Gasteiger charge is 2.24. The van der Waals surface area contributed by atoms with Crippen molar-refractivity contribution < 1.29 is 22.4 Å². The van der Waals surface area contributed by atoms with Crippen molar-refractivity contribution in [3.05, 3.63) is 58.9 Å². The number of halogens is 4. The first kappa shape index (κ1) is 20.1. The van der Waals surface area contributed by atoms with Gasteiger partial charge in [-0.3, -0.25) is 9.69 Å². The summed E-state index contributed by atoms with van der Waals surface area (Å²) < 4.78 is 53.7. The minimum absolute atomic E-state index is 0.0332. The molecule has 1 atom stereocenters. The number of nitrogens with two attached hydrogens (primary N) is 1. The normalized spacial score (nSPS) is 17.5. The van der Waals surface area contributed by atoms with Crippen LogP contribution in [-0.2, 0) is 17.9 Å². The molecule has 1 aromatic heterocycles. The van der Waals surface area contributed by atoms with Crippen LogP contribution in [0.5, 0.6) is 0 Å². The highest BCUT2D eigenvalue weighted by Crippen LogP contribution is 2.23. The summed E-state index contributed by atoms with van der Waals surface area (Å²) in [5, 5.41) is 2.39. The van der Waals surface area contributed by atoms with Gasteiger partial charge in [0, 0.05) is 19.6 Å². The van der Waals surface area contributed by atoms with E-state index in [0.29, 0.717) is 18.7 Å². The Balaban J connectivity index is 1.67. The topological polar surface area (TPSA) is 71.2 Å². The molecule has 0 aliphatic carbocycles. The number of primary amides is 1. The fourth-order valence-corrected chi connectivity index (χ4v) is 3.36. The maximum Gasteiger partial charge on any atom is 0.253 e. The third-order valence-electron chi connectivity index (χ3n) is 4.77. The molecule has 1 saturated heterocycles. The molecular formula is C19H20F4N4O. The molecule has 1 aliphatic heterocycles. The molecule has 3 N–H and O–H groups in total. The molecule has 9 heteroatoms. The van der Waals surface area contributed by atoms with Gasteiger partial charge >= 0.3 is 0 Å². The third kappa shape index (κ3) is 4.59. The van der Waals surface area contributed by atoms with E-state index in [2.05, 4.69) is 15.2 Å². The Kier molecular flexibility index (Phi) is 6.13. The molecule has 1 aliphatic rings. The third-order valence-corrected chi connectivity index (χ3v) is 4.77. The Bertz CT molecular complexity index is 851. The van der Waals surface area contributed by atoms with Crippen LogP contribution in [0.15, 0.2) is 24.3 Å². The second-order valence-corrected chi connectivity index (χ2v) is 6.85. The first-order valence-corrected chi connectivity index (χ1v) is 8.88. The highest BCUT2D eigenvalue weighted by atomic mass is 19.2. The fraction of sp³-hybridized carbons (Fsp3) is 0.368. The lowest BCUT2D eigenvalue weighted by molar-refractivity contribution is -0.123. The number of anilines is 1. The fourth-order valence-electron chi connectivity index (χ4n) is 3.36. The summed E-state index contributed by atoms with van der Waals surface area (Å²) in [5.41, 5.74) is 6.12. The van der Waals surface area contributed by atoms with Gasteiger partial charge in [-0.2, -0.15) is 22.5 Å². The van der Waals surface area contributed by atoms with E-state index in [0.717, 1.165) is 24.9 Å². The number of amides is 1. The van der Waals surface area contributed by atoms with Gasteiger partial charge in [-0.25, -0.2) is 0 Å². The van der Waals surface area contributed by atoms with Crippen LogP contribution in [0.25, 0.3) is 0 Å². The predicted octanol–water partition coefficient (Wildman–Crippen LogP) is 2.95. The lowest BCUT2D eigenvalue weighted by atomic mass is 9.97. The van der Waals surface area contributed by atoms with Crippen molar-refractivity contribution in [2.45, 2.75) is 25.9 Å². The van der Waals surface area contributed by atoms with Gasteiger partial charge in [0.2, 0.25) is 17.5 Å². The van der Waals surface area contributed by atoms with E-state index >= 15 is 0 Å². The molecule has 1 amide bonds. The van der Waals surface area contributed by atoms with E-state index in [4.69, 9.17) is 5.73 Å². The summed E-state index contributed by atoms with van der Waals surface area (Å²) in [6, 6.07) is 7.22. The highest BCUT2D eigenvalue weighted by molar-refractivity contribution is 5.76. The molecule has 0 radical (unpaired) electrons. The number of carbonyl (C=O) groups is 1. The molecule has 0 bridgehead atoms. The summed E-state index contributed by atoms with van der Waals surface area (Å²) in [6.07, 6.45) is 1.67. The number of benzene rings is 1. The maximum absolute atomic E-state index is 13.7. The SMILES string of the molecule is NC(=O)C1CCCN(Cc2cccc(CNc3c(F)c(F)nc(F)c3F)c2)C1. The standard InChI is InChI=1S/C19H20F4N4O/c20-14-16(15(21)18(23)26-17(14)22)25-8-11-3-1-4-12(7-11)9-27-6-2-5-13(10-27)19(24)28/h1,3-4,7,13H,2,5-6,8-10H2,(H2,24,28)(H,25,26). The molecule has 0 spiro atoms. The van der Waals surface area contributed by atoms with E-state index in [-0.39, 0.29) is 18.4 Å². The van der Waals surface area contributed by atoms with Crippen molar-refractivity contribution in [3.63, 3.8) is 0 Å². The van der Waals surface area contributed by atoms with Crippen LogP contribution in [-0.4, -0.2) is 28.9 Å². The Hall–Kier alpha value is -2.68. The second-order valence-electron chi connectivity index (χ2n) is 6.85. The average Bonchev–Trinajstić information content (AvgIpc) is 2.67. The number of nitrogens with one attached hydrogen (secondary N) is 1. The largest absolute Gasteiger partial charge is 0.376 e. The minimum Gasteiger partial charge on any atom is -0.376 e. The van der Waals surface area contributed by atoms with Gasteiger partial charge in [-0.1, -0.05) is 24.3 Å². The number of likely N-dealkylation sites (tertiary alicyclic amines) is 1.